The summed E-state index contributed by atoms with van der Waals surface area (Å²) in [5.74, 6) is 0. The van der Waals surface area contributed by atoms with Crippen LogP contribution in [-0.2, 0) is 0 Å². The van der Waals surface area contributed by atoms with Crippen molar-refractivity contribution in [1.29, 1.82) is 0 Å². The molecule has 0 heterocycles. The fourth-order valence-electron chi connectivity index (χ4n) is 1.61. The van der Waals surface area contributed by atoms with Crippen molar-refractivity contribution >= 4 is 0 Å². The summed E-state index contributed by atoms with van der Waals surface area (Å²) in [6, 6.07) is 9.17. The molecule has 0 radical (unpaired) electrons. The fraction of sp³-hybridized carbons (Fsp3) is 0.500. The van der Waals surface area contributed by atoms with E-state index in [2.05, 4.69) is 0 Å². The second kappa shape index (κ2) is 6.02. The molecule has 0 saturated carbocycles. The Labute approximate surface area is 99.2 Å². The van der Waals surface area contributed by atoms with Gasteiger partial charge in [-0.3, -0.25) is 4.90 Å². The highest BCUT2D eigenvalue weighted by molar-refractivity contribution is 5.18. The Balaban J connectivity index is 2.36. The molecule has 1 aromatic carbocycles. The van der Waals surface area contributed by atoms with Crippen LogP contribution in [0.1, 0.15) is 18.0 Å². The van der Waals surface area contributed by atoms with E-state index in [1.54, 1.807) is 0 Å². The number of hydrogen-bond acceptors (Lipinski definition) is 2. The van der Waals surface area contributed by atoms with Gasteiger partial charge in [-0.1, -0.05) is 30.3 Å². The van der Waals surface area contributed by atoms with E-state index < -0.39 is 12.7 Å². The molecule has 1 rings (SSSR count). The quantitative estimate of drug-likeness (QED) is 0.865. The predicted octanol–water partition coefficient (Wildman–Crippen LogP) is 2.57. The minimum Gasteiger partial charge on any atom is -0.324 e. The first kappa shape index (κ1) is 14.0. The van der Waals surface area contributed by atoms with Crippen LogP contribution in [0.2, 0.25) is 0 Å². The van der Waals surface area contributed by atoms with Gasteiger partial charge < -0.3 is 5.73 Å². The van der Waals surface area contributed by atoms with Crippen molar-refractivity contribution in [2.45, 2.75) is 18.6 Å². The molecule has 1 unspecified atom stereocenters. The van der Waals surface area contributed by atoms with Crippen LogP contribution in [0.5, 0.6) is 0 Å². The Bertz CT molecular complexity index is 324. The molecule has 5 heteroatoms. The lowest BCUT2D eigenvalue weighted by molar-refractivity contribution is -0.143. The summed E-state index contributed by atoms with van der Waals surface area (Å²) in [6.45, 7) is -0.565. The van der Waals surface area contributed by atoms with Crippen LogP contribution < -0.4 is 5.73 Å². The Kier molecular flexibility index (Phi) is 4.96. The maximum Gasteiger partial charge on any atom is 0.401 e. The SMILES string of the molecule is CN(CCC(N)c1ccccc1)CC(F)(F)F. The van der Waals surface area contributed by atoms with Gasteiger partial charge in [0.05, 0.1) is 6.54 Å². The molecule has 2 N–H and O–H groups in total. The van der Waals surface area contributed by atoms with E-state index in [9.17, 15) is 13.2 Å². The van der Waals surface area contributed by atoms with Crippen molar-refractivity contribution in [3.05, 3.63) is 35.9 Å². The zero-order chi connectivity index (χ0) is 12.9. The third kappa shape index (κ3) is 5.70. The van der Waals surface area contributed by atoms with Crippen LogP contribution in [-0.4, -0.2) is 31.2 Å². The van der Waals surface area contributed by atoms with Crippen molar-refractivity contribution in [3.63, 3.8) is 0 Å². The molecule has 0 amide bonds. The number of halogens is 3. The van der Waals surface area contributed by atoms with Gasteiger partial charge >= 0.3 is 6.18 Å². The molecule has 0 bridgehead atoms. The summed E-state index contributed by atoms with van der Waals surface area (Å²) in [5, 5.41) is 0. The van der Waals surface area contributed by atoms with E-state index in [0.29, 0.717) is 13.0 Å². The van der Waals surface area contributed by atoms with Crippen LogP contribution in [0.25, 0.3) is 0 Å². The van der Waals surface area contributed by atoms with E-state index in [0.717, 1.165) is 5.56 Å². The Morgan fingerprint density at radius 2 is 1.82 bits per heavy atom. The minimum atomic E-state index is -4.15. The largest absolute Gasteiger partial charge is 0.401 e. The molecule has 0 aliphatic rings. The van der Waals surface area contributed by atoms with Crippen molar-refractivity contribution in [3.8, 4) is 0 Å². The maximum atomic E-state index is 12.1. The first-order chi connectivity index (χ1) is 7.88. The molecule has 1 aromatic rings. The van der Waals surface area contributed by atoms with E-state index in [4.69, 9.17) is 5.73 Å². The average molecular weight is 246 g/mol. The Hall–Kier alpha value is -1.07. The second-order valence-electron chi connectivity index (χ2n) is 4.16. The van der Waals surface area contributed by atoms with Crippen LogP contribution in [0.15, 0.2) is 30.3 Å². The summed E-state index contributed by atoms with van der Waals surface area (Å²) in [7, 11) is 1.45. The van der Waals surface area contributed by atoms with Crippen molar-refractivity contribution in [2.75, 3.05) is 20.1 Å². The van der Waals surface area contributed by atoms with Crippen LogP contribution in [0.3, 0.4) is 0 Å². The highest BCUT2D eigenvalue weighted by atomic mass is 19.4. The first-order valence-electron chi connectivity index (χ1n) is 5.44. The van der Waals surface area contributed by atoms with Gasteiger partial charge in [0, 0.05) is 6.04 Å². The van der Waals surface area contributed by atoms with Crippen LogP contribution in [0, 0.1) is 0 Å². The lowest BCUT2D eigenvalue weighted by atomic mass is 10.0. The zero-order valence-electron chi connectivity index (χ0n) is 9.74. The lowest BCUT2D eigenvalue weighted by Crippen LogP contribution is -2.33. The number of rotatable bonds is 5. The minimum absolute atomic E-state index is 0.216. The van der Waals surface area contributed by atoms with E-state index in [-0.39, 0.29) is 6.04 Å². The zero-order valence-corrected chi connectivity index (χ0v) is 9.74. The van der Waals surface area contributed by atoms with Gasteiger partial charge in [0.2, 0.25) is 0 Å². The van der Waals surface area contributed by atoms with Crippen LogP contribution >= 0.6 is 0 Å². The molecule has 0 saturated heterocycles. The van der Waals surface area contributed by atoms with Gasteiger partial charge in [-0.15, -0.1) is 0 Å². The van der Waals surface area contributed by atoms with Gasteiger partial charge in [-0.05, 0) is 25.6 Å². The standard InChI is InChI=1S/C12H17F3N2/c1-17(9-12(13,14)15)8-7-11(16)10-5-3-2-4-6-10/h2-6,11H,7-9,16H2,1H3. The Morgan fingerprint density at radius 1 is 1.24 bits per heavy atom. The van der Waals surface area contributed by atoms with Gasteiger partial charge in [0.1, 0.15) is 0 Å². The molecular formula is C12H17F3N2. The molecule has 1 atom stereocenters. The summed E-state index contributed by atoms with van der Waals surface area (Å²) in [6.07, 6.45) is -3.64. The monoisotopic (exact) mass is 246 g/mol. The molecule has 0 spiro atoms. The molecule has 0 aliphatic heterocycles. The second-order valence-corrected chi connectivity index (χ2v) is 4.16. The third-order valence-electron chi connectivity index (χ3n) is 2.50. The number of alkyl halides is 3. The molecular weight excluding hydrogens is 229 g/mol. The number of hydrogen-bond donors (Lipinski definition) is 1. The highest BCUT2D eigenvalue weighted by Crippen LogP contribution is 2.17. The number of benzene rings is 1. The van der Waals surface area contributed by atoms with Gasteiger partial charge in [-0.2, -0.15) is 13.2 Å². The van der Waals surface area contributed by atoms with E-state index in [1.807, 2.05) is 30.3 Å². The van der Waals surface area contributed by atoms with E-state index in [1.165, 1.54) is 11.9 Å². The first-order valence-corrected chi connectivity index (χ1v) is 5.44. The average Bonchev–Trinajstić information content (AvgIpc) is 2.25. The third-order valence-corrected chi connectivity index (χ3v) is 2.50. The van der Waals surface area contributed by atoms with E-state index >= 15 is 0 Å². The molecule has 17 heavy (non-hydrogen) atoms. The predicted molar refractivity (Wildman–Crippen MR) is 61.5 cm³/mol. The molecule has 0 aliphatic carbocycles. The molecule has 2 nitrogen and oxygen atoms in total. The molecule has 96 valence electrons. The maximum absolute atomic E-state index is 12.1. The van der Waals surface area contributed by atoms with Crippen molar-refractivity contribution in [1.82, 2.24) is 4.90 Å². The van der Waals surface area contributed by atoms with Crippen molar-refractivity contribution < 1.29 is 13.2 Å². The highest BCUT2D eigenvalue weighted by Gasteiger charge is 2.29. The smallest absolute Gasteiger partial charge is 0.324 e. The fourth-order valence-corrected chi connectivity index (χ4v) is 1.61. The summed E-state index contributed by atoms with van der Waals surface area (Å²) < 4.78 is 36.2. The van der Waals surface area contributed by atoms with Gasteiger partial charge in [-0.25, -0.2) is 0 Å². The van der Waals surface area contributed by atoms with Crippen molar-refractivity contribution in [2.24, 2.45) is 5.73 Å². The lowest BCUT2D eigenvalue weighted by Gasteiger charge is -2.20. The summed E-state index contributed by atoms with van der Waals surface area (Å²) in [5.41, 5.74) is 6.85. The molecule has 0 aromatic heterocycles. The topological polar surface area (TPSA) is 29.3 Å². The summed E-state index contributed by atoms with van der Waals surface area (Å²) >= 11 is 0. The Morgan fingerprint density at radius 3 is 2.35 bits per heavy atom. The number of nitrogens with zero attached hydrogens (tertiary/aromatic N) is 1. The van der Waals surface area contributed by atoms with Crippen LogP contribution in [0.4, 0.5) is 13.2 Å². The van der Waals surface area contributed by atoms with Gasteiger partial charge in [0.25, 0.3) is 0 Å². The molecule has 0 fully saturated rings. The van der Waals surface area contributed by atoms with Gasteiger partial charge in [0.15, 0.2) is 0 Å². The normalized spacial score (nSPS) is 14.0. The summed E-state index contributed by atoms with van der Waals surface area (Å²) in [4.78, 5) is 1.24. The number of nitrogens with two attached hydrogens (primary N) is 1.